The molecule has 0 aliphatic heterocycles. The Morgan fingerprint density at radius 1 is 1.67 bits per heavy atom. The third-order valence-electron chi connectivity index (χ3n) is 1.81. The van der Waals surface area contributed by atoms with Gasteiger partial charge in [-0.05, 0) is 12.3 Å². The maximum atomic E-state index is 11.7. The predicted molar refractivity (Wildman–Crippen MR) is 62.8 cm³/mol. The van der Waals surface area contributed by atoms with Gasteiger partial charge >= 0.3 is 0 Å². The first-order valence-corrected chi connectivity index (χ1v) is 5.86. The first kappa shape index (κ1) is 11.8. The van der Waals surface area contributed by atoms with Crippen molar-refractivity contribution in [2.75, 3.05) is 24.0 Å². The Morgan fingerprint density at radius 3 is 3.13 bits per heavy atom. The minimum atomic E-state index is -0.139. The number of pyridine rings is 1. The third kappa shape index (κ3) is 3.41. The lowest BCUT2D eigenvalue weighted by molar-refractivity contribution is 0.0957. The standard InChI is InChI=1S/C9H14N4OS/c1-15-5-4-12-9(14)7-2-3-11-6-8(7)13-10/h2-3,6,13H,4-5,10H2,1H3,(H,12,14). The summed E-state index contributed by atoms with van der Waals surface area (Å²) >= 11 is 1.68. The van der Waals surface area contributed by atoms with Crippen LogP contribution in [0, 0.1) is 0 Å². The minimum Gasteiger partial charge on any atom is -0.351 e. The molecule has 0 radical (unpaired) electrons. The van der Waals surface area contributed by atoms with E-state index in [1.807, 2.05) is 6.26 Å². The monoisotopic (exact) mass is 226 g/mol. The summed E-state index contributed by atoms with van der Waals surface area (Å²) in [4.78, 5) is 15.5. The zero-order chi connectivity index (χ0) is 11.1. The van der Waals surface area contributed by atoms with Crippen molar-refractivity contribution < 1.29 is 4.79 Å². The Bertz CT molecular complexity index is 332. The number of carbonyl (C=O) groups is 1. The molecular formula is C9H14N4OS. The van der Waals surface area contributed by atoms with Crippen LogP contribution in [0.4, 0.5) is 5.69 Å². The van der Waals surface area contributed by atoms with E-state index >= 15 is 0 Å². The molecule has 0 unspecified atom stereocenters. The van der Waals surface area contributed by atoms with Gasteiger partial charge in [-0.3, -0.25) is 15.6 Å². The van der Waals surface area contributed by atoms with Crippen molar-refractivity contribution in [3.05, 3.63) is 24.0 Å². The summed E-state index contributed by atoms with van der Waals surface area (Å²) in [5.74, 6) is 6.02. The van der Waals surface area contributed by atoms with E-state index in [1.165, 1.54) is 6.20 Å². The van der Waals surface area contributed by atoms with Gasteiger partial charge in [-0.25, -0.2) is 0 Å². The molecule has 1 aromatic rings. The van der Waals surface area contributed by atoms with Crippen molar-refractivity contribution >= 4 is 23.4 Å². The Kier molecular flexibility index (Phi) is 4.92. The highest BCUT2D eigenvalue weighted by molar-refractivity contribution is 7.98. The Labute approximate surface area is 92.8 Å². The van der Waals surface area contributed by atoms with Gasteiger partial charge in [0.25, 0.3) is 5.91 Å². The molecule has 1 heterocycles. The predicted octanol–water partition coefficient (Wildman–Crippen LogP) is 0.460. The third-order valence-corrected chi connectivity index (χ3v) is 2.43. The number of hydrazine groups is 1. The lowest BCUT2D eigenvalue weighted by Crippen LogP contribution is -2.27. The van der Waals surface area contributed by atoms with Crippen molar-refractivity contribution in [3.63, 3.8) is 0 Å². The van der Waals surface area contributed by atoms with E-state index in [2.05, 4.69) is 15.7 Å². The van der Waals surface area contributed by atoms with Crippen LogP contribution in [0.15, 0.2) is 18.5 Å². The topological polar surface area (TPSA) is 80.0 Å². The van der Waals surface area contributed by atoms with Crippen LogP contribution < -0.4 is 16.6 Å². The van der Waals surface area contributed by atoms with Crippen LogP contribution in [-0.2, 0) is 0 Å². The normalized spacial score (nSPS) is 9.73. The van der Waals surface area contributed by atoms with E-state index in [9.17, 15) is 4.79 Å². The van der Waals surface area contributed by atoms with Crippen molar-refractivity contribution in [2.45, 2.75) is 0 Å². The Hall–Kier alpha value is -1.27. The molecule has 0 atom stereocenters. The zero-order valence-corrected chi connectivity index (χ0v) is 9.30. The molecule has 0 aromatic carbocycles. The number of anilines is 1. The summed E-state index contributed by atoms with van der Waals surface area (Å²) in [5, 5.41) is 2.79. The molecule has 4 N–H and O–H groups in total. The van der Waals surface area contributed by atoms with Crippen molar-refractivity contribution in [1.82, 2.24) is 10.3 Å². The maximum Gasteiger partial charge on any atom is 0.253 e. The highest BCUT2D eigenvalue weighted by Gasteiger charge is 2.09. The minimum absolute atomic E-state index is 0.139. The van der Waals surface area contributed by atoms with Gasteiger partial charge in [0.1, 0.15) is 0 Å². The number of nitrogen functional groups attached to an aromatic ring is 1. The van der Waals surface area contributed by atoms with Gasteiger partial charge < -0.3 is 10.7 Å². The molecule has 0 aliphatic carbocycles. The first-order valence-electron chi connectivity index (χ1n) is 4.47. The fourth-order valence-electron chi connectivity index (χ4n) is 1.07. The lowest BCUT2D eigenvalue weighted by Gasteiger charge is -2.08. The summed E-state index contributed by atoms with van der Waals surface area (Å²) in [6, 6.07) is 1.63. The van der Waals surface area contributed by atoms with E-state index in [1.54, 1.807) is 24.0 Å². The molecule has 1 aromatic heterocycles. The van der Waals surface area contributed by atoms with Crippen LogP contribution in [0.5, 0.6) is 0 Å². The van der Waals surface area contributed by atoms with Crippen LogP contribution in [-0.4, -0.2) is 29.4 Å². The molecule has 1 rings (SSSR count). The molecule has 0 saturated heterocycles. The number of hydrogen-bond acceptors (Lipinski definition) is 5. The van der Waals surface area contributed by atoms with E-state index in [4.69, 9.17) is 5.84 Å². The van der Waals surface area contributed by atoms with Gasteiger partial charge in [0, 0.05) is 18.5 Å². The van der Waals surface area contributed by atoms with Gasteiger partial charge in [0.2, 0.25) is 0 Å². The molecule has 0 spiro atoms. The highest BCUT2D eigenvalue weighted by Crippen LogP contribution is 2.11. The number of nitrogens with zero attached hydrogens (tertiary/aromatic N) is 1. The summed E-state index contributed by atoms with van der Waals surface area (Å²) < 4.78 is 0. The van der Waals surface area contributed by atoms with Gasteiger partial charge in [-0.1, -0.05) is 0 Å². The number of thioether (sulfide) groups is 1. The van der Waals surface area contributed by atoms with E-state index in [0.717, 1.165) is 5.75 Å². The van der Waals surface area contributed by atoms with E-state index in [0.29, 0.717) is 17.8 Å². The lowest BCUT2D eigenvalue weighted by atomic mass is 10.2. The molecule has 0 fully saturated rings. The number of hydrogen-bond donors (Lipinski definition) is 3. The molecular weight excluding hydrogens is 212 g/mol. The molecule has 5 nitrogen and oxygen atoms in total. The molecule has 1 amide bonds. The average molecular weight is 226 g/mol. The molecule has 0 saturated carbocycles. The number of rotatable bonds is 5. The number of aromatic nitrogens is 1. The van der Waals surface area contributed by atoms with Crippen molar-refractivity contribution in [1.29, 1.82) is 0 Å². The van der Waals surface area contributed by atoms with Crippen molar-refractivity contribution in [2.24, 2.45) is 5.84 Å². The van der Waals surface area contributed by atoms with Crippen LogP contribution in [0.1, 0.15) is 10.4 Å². The second-order valence-corrected chi connectivity index (χ2v) is 3.80. The summed E-state index contributed by atoms with van der Waals surface area (Å²) in [6.07, 6.45) is 5.07. The highest BCUT2D eigenvalue weighted by atomic mass is 32.2. The second kappa shape index (κ2) is 6.26. The zero-order valence-electron chi connectivity index (χ0n) is 8.49. The van der Waals surface area contributed by atoms with Gasteiger partial charge in [-0.2, -0.15) is 11.8 Å². The van der Waals surface area contributed by atoms with Gasteiger partial charge in [0.15, 0.2) is 0 Å². The van der Waals surface area contributed by atoms with Crippen LogP contribution >= 0.6 is 11.8 Å². The number of nitrogens with two attached hydrogens (primary N) is 1. The fraction of sp³-hybridized carbons (Fsp3) is 0.333. The number of nitrogens with one attached hydrogen (secondary N) is 2. The van der Waals surface area contributed by atoms with Crippen LogP contribution in [0.2, 0.25) is 0 Å². The fourth-order valence-corrected chi connectivity index (χ4v) is 1.38. The maximum absolute atomic E-state index is 11.7. The molecule has 6 heteroatoms. The second-order valence-electron chi connectivity index (χ2n) is 2.81. The number of amides is 1. The molecule has 0 aliphatic rings. The summed E-state index contributed by atoms with van der Waals surface area (Å²) in [7, 11) is 0. The molecule has 82 valence electrons. The van der Waals surface area contributed by atoms with E-state index < -0.39 is 0 Å². The van der Waals surface area contributed by atoms with Crippen molar-refractivity contribution in [3.8, 4) is 0 Å². The largest absolute Gasteiger partial charge is 0.351 e. The summed E-state index contributed by atoms with van der Waals surface area (Å²) in [6.45, 7) is 0.645. The van der Waals surface area contributed by atoms with Gasteiger partial charge in [-0.15, -0.1) is 0 Å². The first-order chi connectivity index (χ1) is 7.29. The quantitative estimate of drug-likeness (QED) is 0.386. The Morgan fingerprint density at radius 2 is 2.47 bits per heavy atom. The van der Waals surface area contributed by atoms with Crippen LogP contribution in [0.3, 0.4) is 0 Å². The molecule has 0 bridgehead atoms. The molecule has 15 heavy (non-hydrogen) atoms. The Balaban J connectivity index is 2.64. The van der Waals surface area contributed by atoms with Gasteiger partial charge in [0.05, 0.1) is 17.4 Å². The van der Waals surface area contributed by atoms with Crippen LogP contribution in [0.25, 0.3) is 0 Å². The SMILES string of the molecule is CSCCNC(=O)c1ccncc1NN. The summed E-state index contributed by atoms with van der Waals surface area (Å²) in [5.41, 5.74) is 3.47. The number of carbonyl (C=O) groups excluding carboxylic acids is 1. The van der Waals surface area contributed by atoms with E-state index in [-0.39, 0.29) is 5.91 Å². The average Bonchev–Trinajstić information content (AvgIpc) is 2.29. The smallest absolute Gasteiger partial charge is 0.253 e.